The van der Waals surface area contributed by atoms with E-state index in [4.69, 9.17) is 0 Å². The lowest BCUT2D eigenvalue weighted by atomic mass is 9.93. The van der Waals surface area contributed by atoms with Crippen molar-refractivity contribution in [3.05, 3.63) is 0 Å². The number of urea groups is 1. The van der Waals surface area contributed by atoms with E-state index in [2.05, 4.69) is 24.5 Å². The first-order valence-electron chi connectivity index (χ1n) is 6.16. The van der Waals surface area contributed by atoms with Crippen LogP contribution in [0.25, 0.3) is 0 Å². The first-order valence-corrected chi connectivity index (χ1v) is 6.16. The average Bonchev–Trinajstić information content (AvgIpc) is 2.06. The Bertz CT molecular complexity index is 235. The van der Waals surface area contributed by atoms with Crippen molar-refractivity contribution in [2.45, 2.75) is 58.1 Å². The van der Waals surface area contributed by atoms with Crippen LogP contribution in [0.5, 0.6) is 0 Å². The minimum Gasteiger partial charge on any atom is -0.388 e. The lowest BCUT2D eigenvalue weighted by molar-refractivity contribution is 0.0406. The summed E-state index contributed by atoms with van der Waals surface area (Å²) in [5.74, 6) is 0.423. The van der Waals surface area contributed by atoms with Crippen LogP contribution in [0.15, 0.2) is 0 Å². The fraction of sp³-hybridized carbons (Fsp3) is 0.917. The van der Waals surface area contributed by atoms with Crippen molar-refractivity contribution in [2.24, 2.45) is 5.92 Å². The number of nitrogens with one attached hydrogen (secondary N) is 2. The zero-order valence-electron chi connectivity index (χ0n) is 10.5. The summed E-state index contributed by atoms with van der Waals surface area (Å²) in [6, 6.07) is 0.184. The summed E-state index contributed by atoms with van der Waals surface area (Å²) in [5.41, 5.74) is -0.814. The molecule has 0 radical (unpaired) electrons. The Balaban J connectivity index is 2.18. The van der Waals surface area contributed by atoms with Crippen molar-refractivity contribution in [2.75, 3.05) is 6.54 Å². The molecule has 3 N–H and O–H groups in total. The molecule has 0 aliphatic heterocycles. The van der Waals surface area contributed by atoms with E-state index in [0.29, 0.717) is 24.9 Å². The second-order valence-electron chi connectivity index (χ2n) is 5.55. The monoisotopic (exact) mass is 228 g/mol. The second-order valence-corrected chi connectivity index (χ2v) is 5.55. The number of rotatable bonds is 5. The molecule has 0 spiro atoms. The van der Waals surface area contributed by atoms with E-state index < -0.39 is 5.60 Å². The molecule has 0 aromatic heterocycles. The molecule has 1 aliphatic rings. The van der Waals surface area contributed by atoms with Gasteiger partial charge >= 0.3 is 6.03 Å². The van der Waals surface area contributed by atoms with Crippen LogP contribution in [-0.4, -0.2) is 29.3 Å². The minimum atomic E-state index is -0.814. The molecule has 4 heteroatoms. The van der Waals surface area contributed by atoms with Gasteiger partial charge in [0.2, 0.25) is 0 Å². The number of carbonyl (C=O) groups is 1. The third-order valence-electron chi connectivity index (χ3n) is 2.92. The average molecular weight is 228 g/mol. The van der Waals surface area contributed by atoms with Gasteiger partial charge in [0.1, 0.15) is 0 Å². The number of carbonyl (C=O) groups excluding carboxylic acids is 1. The molecule has 0 aromatic carbocycles. The molecule has 4 nitrogen and oxygen atoms in total. The Kier molecular flexibility index (Phi) is 4.59. The highest BCUT2D eigenvalue weighted by Gasteiger charge is 2.24. The fourth-order valence-electron chi connectivity index (χ4n) is 2.01. The summed E-state index contributed by atoms with van der Waals surface area (Å²) < 4.78 is 0. The van der Waals surface area contributed by atoms with Gasteiger partial charge in [0.15, 0.2) is 0 Å². The van der Waals surface area contributed by atoms with Gasteiger partial charge in [0.05, 0.1) is 5.60 Å². The van der Waals surface area contributed by atoms with Crippen LogP contribution in [0.4, 0.5) is 4.79 Å². The van der Waals surface area contributed by atoms with Gasteiger partial charge in [-0.15, -0.1) is 0 Å². The highest BCUT2D eigenvalue weighted by Crippen LogP contribution is 2.18. The van der Waals surface area contributed by atoms with Crippen molar-refractivity contribution >= 4 is 6.03 Å². The van der Waals surface area contributed by atoms with Gasteiger partial charge in [0.25, 0.3) is 0 Å². The molecule has 0 saturated heterocycles. The van der Waals surface area contributed by atoms with Crippen LogP contribution in [0.3, 0.4) is 0 Å². The predicted octanol–water partition coefficient (Wildman–Crippen LogP) is 1.64. The zero-order valence-corrected chi connectivity index (χ0v) is 10.5. The van der Waals surface area contributed by atoms with Gasteiger partial charge in [-0.1, -0.05) is 13.8 Å². The summed E-state index contributed by atoms with van der Waals surface area (Å²) in [7, 11) is 0. The van der Waals surface area contributed by atoms with E-state index in [1.165, 1.54) is 6.42 Å². The van der Waals surface area contributed by atoms with Gasteiger partial charge in [-0.2, -0.15) is 0 Å². The SMILES string of the molecule is CC(C)CC(C)(O)CNC(=O)NC1CCC1. The Morgan fingerprint density at radius 1 is 1.50 bits per heavy atom. The Labute approximate surface area is 97.8 Å². The van der Waals surface area contributed by atoms with Crippen LogP contribution in [0.2, 0.25) is 0 Å². The first kappa shape index (κ1) is 13.3. The summed E-state index contributed by atoms with van der Waals surface area (Å²) >= 11 is 0. The molecule has 1 atom stereocenters. The van der Waals surface area contributed by atoms with E-state index in [-0.39, 0.29) is 6.03 Å². The number of hydrogen-bond donors (Lipinski definition) is 3. The molecule has 1 saturated carbocycles. The number of aliphatic hydroxyl groups is 1. The normalized spacial score (nSPS) is 20.1. The quantitative estimate of drug-likeness (QED) is 0.670. The van der Waals surface area contributed by atoms with Crippen LogP contribution < -0.4 is 10.6 Å². The largest absolute Gasteiger partial charge is 0.388 e. The minimum absolute atomic E-state index is 0.159. The summed E-state index contributed by atoms with van der Waals surface area (Å²) in [4.78, 5) is 11.4. The fourth-order valence-corrected chi connectivity index (χ4v) is 2.01. The molecule has 1 rings (SSSR count). The van der Waals surface area contributed by atoms with E-state index >= 15 is 0 Å². The van der Waals surface area contributed by atoms with Gasteiger partial charge in [-0.05, 0) is 38.5 Å². The van der Waals surface area contributed by atoms with E-state index in [1.807, 2.05) is 0 Å². The number of amides is 2. The topological polar surface area (TPSA) is 61.4 Å². The van der Waals surface area contributed by atoms with Gasteiger partial charge in [0, 0.05) is 12.6 Å². The number of hydrogen-bond acceptors (Lipinski definition) is 2. The second kappa shape index (κ2) is 5.53. The van der Waals surface area contributed by atoms with E-state index in [9.17, 15) is 9.90 Å². The lowest BCUT2D eigenvalue weighted by Crippen LogP contribution is -2.49. The highest BCUT2D eigenvalue weighted by molar-refractivity contribution is 5.74. The van der Waals surface area contributed by atoms with Crippen molar-refractivity contribution in [1.29, 1.82) is 0 Å². The molecular weight excluding hydrogens is 204 g/mol. The zero-order chi connectivity index (χ0) is 12.2. The molecule has 94 valence electrons. The van der Waals surface area contributed by atoms with E-state index in [0.717, 1.165) is 12.8 Å². The van der Waals surface area contributed by atoms with Crippen molar-refractivity contribution < 1.29 is 9.90 Å². The predicted molar refractivity (Wildman–Crippen MR) is 64.3 cm³/mol. The van der Waals surface area contributed by atoms with Gasteiger partial charge in [-0.25, -0.2) is 4.79 Å². The van der Waals surface area contributed by atoms with Crippen molar-refractivity contribution in [3.8, 4) is 0 Å². The maximum atomic E-state index is 11.4. The van der Waals surface area contributed by atoms with Crippen molar-refractivity contribution in [3.63, 3.8) is 0 Å². The van der Waals surface area contributed by atoms with Crippen molar-refractivity contribution in [1.82, 2.24) is 10.6 Å². The molecule has 0 aromatic rings. The van der Waals surface area contributed by atoms with Crippen LogP contribution in [-0.2, 0) is 0 Å². The summed E-state index contributed by atoms with van der Waals surface area (Å²) in [6.07, 6.45) is 4.05. The van der Waals surface area contributed by atoms with E-state index in [1.54, 1.807) is 6.92 Å². The molecule has 0 bridgehead atoms. The Morgan fingerprint density at radius 3 is 2.56 bits per heavy atom. The van der Waals surface area contributed by atoms with Crippen LogP contribution in [0, 0.1) is 5.92 Å². The third-order valence-corrected chi connectivity index (χ3v) is 2.92. The standard InChI is InChI=1S/C12H24N2O2/c1-9(2)7-12(3,16)8-13-11(15)14-10-5-4-6-10/h9-10,16H,4-8H2,1-3H3,(H2,13,14,15). The smallest absolute Gasteiger partial charge is 0.315 e. The first-order chi connectivity index (χ1) is 7.39. The molecule has 1 fully saturated rings. The maximum Gasteiger partial charge on any atom is 0.315 e. The van der Waals surface area contributed by atoms with Gasteiger partial charge in [-0.3, -0.25) is 0 Å². The molecular formula is C12H24N2O2. The molecule has 16 heavy (non-hydrogen) atoms. The highest BCUT2D eigenvalue weighted by atomic mass is 16.3. The lowest BCUT2D eigenvalue weighted by Gasteiger charge is -2.29. The molecule has 2 amide bonds. The van der Waals surface area contributed by atoms with Crippen LogP contribution >= 0.6 is 0 Å². The summed E-state index contributed by atoms with van der Waals surface area (Å²) in [5, 5.41) is 15.6. The molecule has 0 heterocycles. The summed E-state index contributed by atoms with van der Waals surface area (Å²) in [6.45, 7) is 6.19. The maximum absolute atomic E-state index is 11.4. The third kappa shape index (κ3) is 4.84. The molecule has 1 unspecified atom stereocenters. The van der Waals surface area contributed by atoms with Crippen LogP contribution in [0.1, 0.15) is 46.5 Å². The van der Waals surface area contributed by atoms with Gasteiger partial charge < -0.3 is 15.7 Å². The Morgan fingerprint density at radius 2 is 2.12 bits per heavy atom. The molecule has 1 aliphatic carbocycles. The Hall–Kier alpha value is -0.770.